The van der Waals surface area contributed by atoms with Crippen molar-refractivity contribution in [1.29, 1.82) is 0 Å². The fraction of sp³-hybridized carbons (Fsp3) is 0. The minimum atomic E-state index is 0.641. The monoisotopic (exact) mass is 172 g/mol. The highest BCUT2D eigenvalue weighted by molar-refractivity contribution is 8.21. The predicted molar refractivity (Wildman–Crippen MR) is 43.5 cm³/mol. The highest BCUT2D eigenvalue weighted by atomic mass is 35.7. The lowest BCUT2D eigenvalue weighted by molar-refractivity contribution is 0.112. The maximum absolute atomic E-state index is 10.3. The lowest BCUT2D eigenvalue weighted by Gasteiger charge is -1.95. The van der Waals surface area contributed by atoms with E-state index in [1.807, 2.05) is 6.07 Å². The molecule has 0 saturated heterocycles. The summed E-state index contributed by atoms with van der Waals surface area (Å²) in [7, 11) is 6.53. The molecule has 0 atom stereocenters. The average molecular weight is 173 g/mol. The Balaban J connectivity index is 3.08. The first-order valence-electron chi connectivity index (χ1n) is 2.71. The Morgan fingerprint density at radius 1 is 1.40 bits per heavy atom. The molecule has 1 aromatic rings. The van der Waals surface area contributed by atoms with Gasteiger partial charge in [-0.2, -0.15) is 0 Å². The zero-order valence-corrected chi connectivity index (χ0v) is 6.65. The molecule has 0 saturated carbocycles. The fourth-order valence-electron chi connectivity index (χ4n) is 0.648. The van der Waals surface area contributed by atoms with E-state index in [4.69, 9.17) is 10.7 Å². The van der Waals surface area contributed by atoms with Crippen LogP contribution >= 0.6 is 21.7 Å². The minimum absolute atomic E-state index is 0.641. The second-order valence-corrected chi connectivity index (χ2v) is 2.79. The molecule has 52 valence electrons. The summed E-state index contributed by atoms with van der Waals surface area (Å²) in [4.78, 5) is 11.1. The van der Waals surface area contributed by atoms with Crippen molar-refractivity contribution in [2.75, 3.05) is 0 Å². The molecule has 1 rings (SSSR count). The summed E-state index contributed by atoms with van der Waals surface area (Å²) in [6, 6.07) is 7.19. The van der Waals surface area contributed by atoms with E-state index >= 15 is 0 Å². The lowest BCUT2D eigenvalue weighted by atomic mass is 10.2. The van der Waals surface area contributed by atoms with Crippen LogP contribution in [0.5, 0.6) is 0 Å². The van der Waals surface area contributed by atoms with Gasteiger partial charge in [0.25, 0.3) is 0 Å². The van der Waals surface area contributed by atoms with Gasteiger partial charge in [0.05, 0.1) is 0 Å². The van der Waals surface area contributed by atoms with E-state index in [0.717, 1.165) is 22.2 Å². The van der Waals surface area contributed by atoms with Gasteiger partial charge in [0.15, 0.2) is 6.29 Å². The summed E-state index contributed by atoms with van der Waals surface area (Å²) >= 11 is 0. The van der Waals surface area contributed by atoms with Crippen LogP contribution < -0.4 is 0 Å². The summed E-state index contributed by atoms with van der Waals surface area (Å²) in [5.41, 5.74) is 0.641. The first-order chi connectivity index (χ1) is 4.88. The molecular formula is C7H5ClOS. The van der Waals surface area contributed by atoms with Gasteiger partial charge in [0, 0.05) is 10.5 Å². The fourth-order valence-corrected chi connectivity index (χ4v) is 1.40. The molecule has 0 aliphatic rings. The number of rotatable bonds is 2. The zero-order chi connectivity index (χ0) is 7.40. The van der Waals surface area contributed by atoms with Gasteiger partial charge >= 0.3 is 0 Å². The molecular weight excluding hydrogens is 168 g/mol. The van der Waals surface area contributed by atoms with Crippen molar-refractivity contribution < 1.29 is 4.79 Å². The summed E-state index contributed by atoms with van der Waals surface area (Å²) in [5, 5.41) is 0. The molecule has 0 aliphatic heterocycles. The average Bonchev–Trinajstić information content (AvgIpc) is 2.04. The number of carbonyl (C=O) groups excluding carboxylic acids is 1. The van der Waals surface area contributed by atoms with Gasteiger partial charge in [-0.25, -0.2) is 0 Å². The van der Waals surface area contributed by atoms with Crippen LogP contribution in [0.3, 0.4) is 0 Å². The van der Waals surface area contributed by atoms with Gasteiger partial charge in [-0.15, -0.1) is 0 Å². The van der Waals surface area contributed by atoms with Crippen molar-refractivity contribution in [3.63, 3.8) is 0 Å². The molecule has 0 fully saturated rings. The third kappa shape index (κ3) is 1.52. The van der Waals surface area contributed by atoms with E-state index in [2.05, 4.69) is 0 Å². The Kier molecular flexibility index (Phi) is 2.78. The Hall–Kier alpha value is -0.470. The topological polar surface area (TPSA) is 17.1 Å². The number of hydrogen-bond donors (Lipinski definition) is 0. The number of carbonyl (C=O) groups is 1. The third-order valence-electron chi connectivity index (χ3n) is 1.13. The molecule has 0 amide bonds. The molecule has 0 radical (unpaired) electrons. The molecule has 0 spiro atoms. The SMILES string of the molecule is O=Cc1ccccc1SCl. The quantitative estimate of drug-likeness (QED) is 0.639. The number of benzene rings is 1. The van der Waals surface area contributed by atoms with Crippen LogP contribution in [0.15, 0.2) is 29.2 Å². The Bertz CT molecular complexity index is 237. The number of hydrogen-bond acceptors (Lipinski definition) is 2. The van der Waals surface area contributed by atoms with E-state index in [1.54, 1.807) is 18.2 Å². The van der Waals surface area contributed by atoms with E-state index < -0.39 is 0 Å². The first kappa shape index (κ1) is 7.63. The van der Waals surface area contributed by atoms with E-state index in [1.165, 1.54) is 0 Å². The number of aldehydes is 1. The van der Waals surface area contributed by atoms with Crippen LogP contribution in [0.4, 0.5) is 0 Å². The van der Waals surface area contributed by atoms with Gasteiger partial charge in [0.1, 0.15) is 0 Å². The summed E-state index contributed by atoms with van der Waals surface area (Å²) in [5.74, 6) is 0. The van der Waals surface area contributed by atoms with Crippen molar-refractivity contribution >= 4 is 27.9 Å². The molecule has 0 unspecified atom stereocenters. The Morgan fingerprint density at radius 3 is 2.60 bits per heavy atom. The van der Waals surface area contributed by atoms with Crippen LogP contribution in [0.1, 0.15) is 10.4 Å². The molecule has 0 N–H and O–H groups in total. The smallest absolute Gasteiger partial charge is 0.151 e. The van der Waals surface area contributed by atoms with Crippen molar-refractivity contribution in [1.82, 2.24) is 0 Å². The van der Waals surface area contributed by atoms with Gasteiger partial charge in [-0.1, -0.05) is 18.2 Å². The van der Waals surface area contributed by atoms with Crippen molar-refractivity contribution in [3.05, 3.63) is 29.8 Å². The summed E-state index contributed by atoms with van der Waals surface area (Å²) < 4.78 is 0. The predicted octanol–water partition coefficient (Wildman–Crippen LogP) is 2.75. The van der Waals surface area contributed by atoms with Gasteiger partial charge in [-0.3, -0.25) is 4.79 Å². The largest absolute Gasteiger partial charge is 0.298 e. The van der Waals surface area contributed by atoms with Gasteiger partial charge in [-0.05, 0) is 27.7 Å². The molecule has 0 aliphatic carbocycles. The van der Waals surface area contributed by atoms with E-state index in [-0.39, 0.29) is 0 Å². The van der Waals surface area contributed by atoms with Gasteiger partial charge in [0.2, 0.25) is 0 Å². The molecule has 1 nitrogen and oxygen atoms in total. The Morgan fingerprint density at radius 2 is 2.10 bits per heavy atom. The third-order valence-corrected chi connectivity index (χ3v) is 2.17. The molecule has 0 aromatic heterocycles. The number of halogens is 1. The highest BCUT2D eigenvalue weighted by Gasteiger charge is 1.96. The standard InChI is InChI=1S/C7H5ClOS/c8-10-7-4-2-1-3-6(7)5-9/h1-5H. The van der Waals surface area contributed by atoms with Crippen molar-refractivity contribution in [2.45, 2.75) is 4.90 Å². The van der Waals surface area contributed by atoms with E-state index in [9.17, 15) is 4.79 Å². The molecule has 0 bridgehead atoms. The molecule has 10 heavy (non-hydrogen) atoms. The second kappa shape index (κ2) is 3.64. The van der Waals surface area contributed by atoms with Crippen molar-refractivity contribution in [2.24, 2.45) is 0 Å². The first-order valence-corrected chi connectivity index (χ1v) is 4.35. The van der Waals surface area contributed by atoms with Crippen LogP contribution in [0, 0.1) is 0 Å². The van der Waals surface area contributed by atoms with Crippen molar-refractivity contribution in [3.8, 4) is 0 Å². The van der Waals surface area contributed by atoms with Crippen LogP contribution in [-0.4, -0.2) is 6.29 Å². The van der Waals surface area contributed by atoms with Crippen LogP contribution in [0.2, 0.25) is 0 Å². The van der Waals surface area contributed by atoms with Gasteiger partial charge < -0.3 is 0 Å². The highest BCUT2D eigenvalue weighted by Crippen LogP contribution is 2.24. The molecule has 3 heteroatoms. The molecule has 0 heterocycles. The Labute approximate surface area is 67.9 Å². The van der Waals surface area contributed by atoms with Crippen LogP contribution in [0.25, 0.3) is 0 Å². The van der Waals surface area contributed by atoms with Crippen LogP contribution in [-0.2, 0) is 0 Å². The lowest BCUT2D eigenvalue weighted by Crippen LogP contribution is -1.80. The molecule has 1 aromatic carbocycles. The minimum Gasteiger partial charge on any atom is -0.298 e. The second-order valence-electron chi connectivity index (χ2n) is 1.73. The normalized spacial score (nSPS) is 9.30. The zero-order valence-electron chi connectivity index (χ0n) is 5.08. The van der Waals surface area contributed by atoms with E-state index in [0.29, 0.717) is 5.56 Å². The summed E-state index contributed by atoms with van der Waals surface area (Å²) in [6.45, 7) is 0. The summed E-state index contributed by atoms with van der Waals surface area (Å²) in [6.07, 6.45) is 0.796. The maximum atomic E-state index is 10.3. The maximum Gasteiger partial charge on any atom is 0.151 e.